The van der Waals surface area contributed by atoms with Gasteiger partial charge in [0.15, 0.2) is 0 Å². The van der Waals surface area contributed by atoms with E-state index in [9.17, 15) is 0 Å². The molecule has 0 saturated carbocycles. The maximum Gasteiger partial charge on any atom is 0.130 e. The van der Waals surface area contributed by atoms with Crippen LogP contribution in [0.2, 0.25) is 0 Å². The predicted molar refractivity (Wildman–Crippen MR) is 39.6 cm³/mol. The van der Waals surface area contributed by atoms with Gasteiger partial charge in [-0.1, -0.05) is 29.9 Å². The first-order valence-electron chi connectivity index (χ1n) is 2.22. The van der Waals surface area contributed by atoms with Gasteiger partial charge in [0.1, 0.15) is 10.2 Å². The molecule has 0 amide bonds. The highest BCUT2D eigenvalue weighted by Crippen LogP contribution is 2.02. The summed E-state index contributed by atoms with van der Waals surface area (Å²) in [6, 6.07) is 0. The van der Waals surface area contributed by atoms with Gasteiger partial charge in [-0.25, -0.2) is 4.99 Å². The summed E-state index contributed by atoms with van der Waals surface area (Å²) < 4.78 is 0. The minimum absolute atomic E-state index is 0.487. The third-order valence-corrected chi connectivity index (χ3v) is 1.25. The number of nitrogens with zero attached hydrogens (tertiary/aromatic N) is 1. The summed E-state index contributed by atoms with van der Waals surface area (Å²) in [4.78, 5) is 4.47. The highest BCUT2D eigenvalue weighted by atomic mass is 35.5. The average molecular weight is 146 g/mol. The van der Waals surface area contributed by atoms with Crippen molar-refractivity contribution in [2.45, 2.75) is 6.42 Å². The van der Waals surface area contributed by atoms with Crippen LogP contribution in [0.25, 0.3) is 0 Å². The maximum atomic E-state index is 5.49. The van der Waals surface area contributed by atoms with Gasteiger partial charge < -0.3 is 0 Å². The second-order valence-electron chi connectivity index (χ2n) is 1.43. The molecule has 0 aromatic heterocycles. The van der Waals surface area contributed by atoms with Gasteiger partial charge in [0.25, 0.3) is 0 Å². The predicted octanol–water partition coefficient (Wildman–Crippen LogP) is 1.91. The normalized spacial score (nSPS) is 18.6. The molecule has 1 aliphatic rings. The minimum atomic E-state index is 0.487. The minimum Gasteiger partial charge on any atom is -0.229 e. The second-order valence-corrected chi connectivity index (χ2v) is 2.29. The van der Waals surface area contributed by atoms with Crippen LogP contribution in [0, 0.1) is 0 Å². The number of rotatable bonds is 0. The van der Waals surface area contributed by atoms with E-state index in [1.54, 1.807) is 6.08 Å². The van der Waals surface area contributed by atoms with Crippen molar-refractivity contribution in [2.75, 3.05) is 0 Å². The summed E-state index contributed by atoms with van der Waals surface area (Å²) in [6.45, 7) is 0. The molecule has 0 atom stereocenters. The van der Waals surface area contributed by atoms with Crippen LogP contribution in [-0.4, -0.2) is 10.2 Å². The number of thiocarbonyl (C=S) groups is 1. The van der Waals surface area contributed by atoms with Gasteiger partial charge in [0.2, 0.25) is 0 Å². The van der Waals surface area contributed by atoms with Crippen molar-refractivity contribution >= 4 is 34.0 Å². The molecule has 0 N–H and O–H groups in total. The molecule has 42 valence electrons. The van der Waals surface area contributed by atoms with E-state index in [0.29, 0.717) is 10.2 Å². The van der Waals surface area contributed by atoms with Crippen molar-refractivity contribution in [3.05, 3.63) is 12.2 Å². The van der Waals surface area contributed by atoms with Crippen LogP contribution in [0.3, 0.4) is 0 Å². The molecule has 8 heavy (non-hydrogen) atoms. The van der Waals surface area contributed by atoms with Crippen molar-refractivity contribution in [3.63, 3.8) is 0 Å². The Morgan fingerprint density at radius 1 is 1.75 bits per heavy atom. The van der Waals surface area contributed by atoms with Gasteiger partial charge in [-0.05, 0) is 6.08 Å². The lowest BCUT2D eigenvalue weighted by atomic mass is 10.3. The van der Waals surface area contributed by atoms with E-state index in [-0.39, 0.29) is 0 Å². The Morgan fingerprint density at radius 3 is 2.88 bits per heavy atom. The highest BCUT2D eigenvalue weighted by molar-refractivity contribution is 7.80. The zero-order valence-electron chi connectivity index (χ0n) is 4.10. The summed E-state index contributed by atoms with van der Waals surface area (Å²) in [6.07, 6.45) is 4.40. The first-order chi connectivity index (χ1) is 3.79. The first-order valence-corrected chi connectivity index (χ1v) is 3.01. The molecule has 0 spiro atoms. The molecule has 0 fully saturated rings. The van der Waals surface area contributed by atoms with Crippen LogP contribution in [-0.2, 0) is 0 Å². The molecular formula is C5H4ClNS. The Kier molecular flexibility index (Phi) is 1.76. The third-order valence-electron chi connectivity index (χ3n) is 0.779. The summed E-state index contributed by atoms with van der Waals surface area (Å²) in [5.74, 6) is 0. The van der Waals surface area contributed by atoms with Gasteiger partial charge in [-0.15, -0.1) is 0 Å². The van der Waals surface area contributed by atoms with E-state index < -0.39 is 0 Å². The van der Waals surface area contributed by atoms with E-state index in [2.05, 4.69) is 4.99 Å². The first kappa shape index (κ1) is 5.92. The second kappa shape index (κ2) is 2.37. The lowest BCUT2D eigenvalue weighted by Crippen LogP contribution is -1.96. The Balaban J connectivity index is 2.77. The van der Waals surface area contributed by atoms with E-state index in [1.807, 2.05) is 6.08 Å². The molecule has 3 heteroatoms. The van der Waals surface area contributed by atoms with Gasteiger partial charge >= 0.3 is 0 Å². The van der Waals surface area contributed by atoms with E-state index in [0.717, 1.165) is 6.42 Å². The lowest BCUT2D eigenvalue weighted by Gasteiger charge is -1.96. The molecule has 0 aromatic rings. The average Bonchev–Trinajstić information content (AvgIpc) is 1.64. The monoisotopic (exact) mass is 145 g/mol. The molecule has 0 unspecified atom stereocenters. The Bertz CT molecular complexity index is 171. The van der Waals surface area contributed by atoms with Crippen LogP contribution >= 0.6 is 23.8 Å². The van der Waals surface area contributed by atoms with Crippen molar-refractivity contribution in [3.8, 4) is 0 Å². The van der Waals surface area contributed by atoms with Crippen molar-refractivity contribution in [1.82, 2.24) is 0 Å². The van der Waals surface area contributed by atoms with Crippen molar-refractivity contribution in [2.24, 2.45) is 4.99 Å². The Hall–Kier alpha value is -0.210. The molecule has 0 aliphatic carbocycles. The molecule has 1 aliphatic heterocycles. The number of halogens is 1. The Morgan fingerprint density at radius 2 is 2.50 bits per heavy atom. The topological polar surface area (TPSA) is 12.4 Å². The maximum absolute atomic E-state index is 5.49. The van der Waals surface area contributed by atoms with Gasteiger partial charge in [-0.3, -0.25) is 0 Å². The third kappa shape index (κ3) is 1.39. The quantitative estimate of drug-likeness (QED) is 0.475. The van der Waals surface area contributed by atoms with E-state index in [4.69, 9.17) is 23.8 Å². The Labute approximate surface area is 58.1 Å². The van der Waals surface area contributed by atoms with Crippen molar-refractivity contribution in [1.29, 1.82) is 0 Å². The van der Waals surface area contributed by atoms with Crippen LogP contribution in [0.4, 0.5) is 0 Å². The van der Waals surface area contributed by atoms with E-state index in [1.165, 1.54) is 0 Å². The lowest BCUT2D eigenvalue weighted by molar-refractivity contribution is 1.44. The smallest absolute Gasteiger partial charge is 0.130 e. The zero-order valence-corrected chi connectivity index (χ0v) is 5.67. The van der Waals surface area contributed by atoms with Crippen LogP contribution in [0.15, 0.2) is 17.1 Å². The summed E-state index contributed by atoms with van der Waals surface area (Å²) in [5.41, 5.74) is 0. The molecule has 1 nitrogen and oxygen atoms in total. The molecule has 1 heterocycles. The number of hydrogen-bond donors (Lipinski definition) is 0. The number of allylic oxidation sites excluding steroid dienone is 1. The van der Waals surface area contributed by atoms with Gasteiger partial charge in [0.05, 0.1) is 0 Å². The highest BCUT2D eigenvalue weighted by Gasteiger charge is 1.97. The molecular weight excluding hydrogens is 142 g/mol. The summed E-state index contributed by atoms with van der Waals surface area (Å²) in [5, 5.41) is 0.487. The largest absolute Gasteiger partial charge is 0.229 e. The standard InChI is InChI=1S/C5H4ClNS/c6-4-2-1-3-5(8)7-4/h1-2H,3H2. The number of aliphatic imine (C=N–C) groups is 1. The fourth-order valence-electron chi connectivity index (χ4n) is 0.459. The molecule has 0 bridgehead atoms. The molecule has 0 aromatic carbocycles. The molecule has 0 saturated heterocycles. The van der Waals surface area contributed by atoms with E-state index >= 15 is 0 Å². The summed E-state index contributed by atoms with van der Waals surface area (Å²) >= 11 is 10.2. The van der Waals surface area contributed by atoms with Crippen LogP contribution in [0.1, 0.15) is 6.42 Å². The zero-order chi connectivity index (χ0) is 5.98. The number of hydrogen-bond acceptors (Lipinski definition) is 1. The van der Waals surface area contributed by atoms with Crippen LogP contribution in [0.5, 0.6) is 0 Å². The van der Waals surface area contributed by atoms with Gasteiger partial charge in [0, 0.05) is 6.42 Å². The van der Waals surface area contributed by atoms with Gasteiger partial charge in [-0.2, -0.15) is 0 Å². The SMILES string of the molecule is S=C1CC=CC(Cl)=N1. The number of dihydropyridines is 1. The molecule has 0 radical (unpaired) electrons. The summed E-state index contributed by atoms with van der Waals surface area (Å²) in [7, 11) is 0. The van der Waals surface area contributed by atoms with Crippen LogP contribution < -0.4 is 0 Å². The molecule has 1 rings (SSSR count). The fraction of sp³-hybridized carbons (Fsp3) is 0.200. The fourth-order valence-corrected chi connectivity index (χ4v) is 0.895. The van der Waals surface area contributed by atoms with Crippen molar-refractivity contribution < 1.29 is 0 Å².